The van der Waals surface area contributed by atoms with Gasteiger partial charge in [-0.05, 0) is 26.7 Å². The maximum absolute atomic E-state index is 11.9. The van der Waals surface area contributed by atoms with E-state index in [1.165, 1.54) is 0 Å². The molecule has 0 aliphatic carbocycles. The molecule has 1 heterocycles. The van der Waals surface area contributed by atoms with Gasteiger partial charge >= 0.3 is 0 Å². The average Bonchev–Trinajstić information content (AvgIpc) is 2.82. The van der Waals surface area contributed by atoms with Crippen molar-refractivity contribution in [3.8, 4) is 0 Å². The molecule has 2 atom stereocenters. The van der Waals surface area contributed by atoms with Crippen molar-refractivity contribution in [2.45, 2.75) is 59.2 Å². The van der Waals surface area contributed by atoms with E-state index in [1.807, 2.05) is 25.3 Å². The van der Waals surface area contributed by atoms with E-state index >= 15 is 0 Å². The molecular formula is C13H25N5O. The molecule has 1 rings (SSSR count). The number of carbonyl (C=O) groups is 1. The molecule has 6 nitrogen and oxygen atoms in total. The number of hydrogen-bond donors (Lipinski definition) is 2. The Kier molecular flexibility index (Phi) is 6.49. The minimum absolute atomic E-state index is 0.0109. The van der Waals surface area contributed by atoms with Crippen LogP contribution in [0.1, 0.15) is 45.9 Å². The lowest BCUT2D eigenvalue weighted by atomic mass is 10.0. The zero-order valence-corrected chi connectivity index (χ0v) is 12.1. The Morgan fingerprint density at radius 2 is 2.21 bits per heavy atom. The van der Waals surface area contributed by atoms with Crippen molar-refractivity contribution in [2.75, 3.05) is 0 Å². The molecule has 0 aliphatic rings. The molecule has 6 heteroatoms. The number of rotatable bonds is 8. The zero-order valence-electron chi connectivity index (χ0n) is 12.1. The van der Waals surface area contributed by atoms with Gasteiger partial charge < -0.3 is 15.6 Å². The molecule has 108 valence electrons. The fourth-order valence-corrected chi connectivity index (χ4v) is 1.90. The van der Waals surface area contributed by atoms with E-state index in [9.17, 15) is 4.79 Å². The third-order valence-electron chi connectivity index (χ3n) is 3.20. The summed E-state index contributed by atoms with van der Waals surface area (Å²) in [6, 6.07) is 0.207. The van der Waals surface area contributed by atoms with Crippen LogP contribution in [-0.4, -0.2) is 26.7 Å². The van der Waals surface area contributed by atoms with E-state index in [2.05, 4.69) is 15.5 Å². The van der Waals surface area contributed by atoms with Gasteiger partial charge in [-0.1, -0.05) is 13.3 Å². The predicted octanol–water partition coefficient (Wildman–Crippen LogP) is 1.07. The highest BCUT2D eigenvalue weighted by molar-refractivity contribution is 5.78. The molecule has 0 spiro atoms. The molecule has 1 aromatic rings. The van der Waals surface area contributed by atoms with Crippen molar-refractivity contribution < 1.29 is 4.79 Å². The van der Waals surface area contributed by atoms with Gasteiger partial charge in [0.2, 0.25) is 5.91 Å². The number of nitrogens with zero attached hydrogens (tertiary/aromatic N) is 3. The molecule has 0 saturated carbocycles. The lowest BCUT2D eigenvalue weighted by Crippen LogP contribution is -2.30. The molecule has 2 unspecified atom stereocenters. The summed E-state index contributed by atoms with van der Waals surface area (Å²) < 4.78 is 1.92. The number of hydrogen-bond acceptors (Lipinski definition) is 4. The van der Waals surface area contributed by atoms with E-state index < -0.39 is 0 Å². The van der Waals surface area contributed by atoms with E-state index in [4.69, 9.17) is 5.73 Å². The van der Waals surface area contributed by atoms with Crippen LogP contribution in [0.4, 0.5) is 0 Å². The van der Waals surface area contributed by atoms with Gasteiger partial charge in [0, 0.05) is 18.5 Å². The minimum Gasteiger partial charge on any atom is -0.349 e. The molecule has 0 fully saturated rings. The van der Waals surface area contributed by atoms with Crippen molar-refractivity contribution in [1.29, 1.82) is 0 Å². The minimum atomic E-state index is 0.0109. The smallest absolute Gasteiger partial charge is 0.223 e. The van der Waals surface area contributed by atoms with Crippen LogP contribution in [-0.2, 0) is 17.9 Å². The monoisotopic (exact) mass is 267 g/mol. The molecule has 0 radical (unpaired) electrons. The lowest BCUT2D eigenvalue weighted by Gasteiger charge is -2.12. The van der Waals surface area contributed by atoms with Crippen LogP contribution in [0.3, 0.4) is 0 Å². The molecule has 0 aliphatic heterocycles. The van der Waals surface area contributed by atoms with Gasteiger partial charge in [0.1, 0.15) is 6.33 Å². The molecular weight excluding hydrogens is 242 g/mol. The highest BCUT2D eigenvalue weighted by atomic mass is 16.1. The first-order valence-corrected chi connectivity index (χ1v) is 6.94. The topological polar surface area (TPSA) is 85.8 Å². The van der Waals surface area contributed by atoms with Crippen LogP contribution in [0, 0.1) is 5.92 Å². The summed E-state index contributed by atoms with van der Waals surface area (Å²) in [6.45, 7) is 7.20. The highest BCUT2D eigenvalue weighted by Gasteiger charge is 2.13. The van der Waals surface area contributed by atoms with Gasteiger partial charge in [-0.3, -0.25) is 4.79 Å². The summed E-state index contributed by atoms with van der Waals surface area (Å²) in [7, 11) is 0. The van der Waals surface area contributed by atoms with Crippen LogP contribution >= 0.6 is 0 Å². The standard InChI is InChI=1S/C13H25N5O/c1-4-18-9-16-17-12(18)8-15-13(19)10(2)6-5-7-11(3)14/h9-11H,4-8,14H2,1-3H3,(H,15,19). The van der Waals surface area contributed by atoms with Crippen LogP contribution in [0.2, 0.25) is 0 Å². The Morgan fingerprint density at radius 1 is 1.47 bits per heavy atom. The van der Waals surface area contributed by atoms with Crippen LogP contribution in [0.25, 0.3) is 0 Å². The molecule has 0 bridgehead atoms. The Morgan fingerprint density at radius 3 is 2.84 bits per heavy atom. The first-order valence-electron chi connectivity index (χ1n) is 6.94. The summed E-state index contributed by atoms with van der Waals surface area (Å²) in [4.78, 5) is 11.9. The van der Waals surface area contributed by atoms with E-state index in [-0.39, 0.29) is 17.9 Å². The normalized spacial score (nSPS) is 14.1. The number of amides is 1. The summed E-state index contributed by atoms with van der Waals surface area (Å²) in [6.07, 6.45) is 4.49. The number of nitrogens with one attached hydrogen (secondary N) is 1. The molecule has 0 saturated heterocycles. The van der Waals surface area contributed by atoms with E-state index in [0.717, 1.165) is 31.6 Å². The van der Waals surface area contributed by atoms with Crippen molar-refractivity contribution in [3.63, 3.8) is 0 Å². The van der Waals surface area contributed by atoms with Crippen molar-refractivity contribution in [3.05, 3.63) is 12.2 Å². The van der Waals surface area contributed by atoms with Crippen LogP contribution < -0.4 is 11.1 Å². The van der Waals surface area contributed by atoms with Crippen LogP contribution in [0.5, 0.6) is 0 Å². The number of nitrogens with two attached hydrogens (primary N) is 1. The molecule has 19 heavy (non-hydrogen) atoms. The Hall–Kier alpha value is -1.43. The van der Waals surface area contributed by atoms with Crippen molar-refractivity contribution in [1.82, 2.24) is 20.1 Å². The molecule has 3 N–H and O–H groups in total. The largest absolute Gasteiger partial charge is 0.349 e. The Labute approximate surface area is 114 Å². The third kappa shape index (κ3) is 5.38. The van der Waals surface area contributed by atoms with Crippen molar-refractivity contribution >= 4 is 5.91 Å². The fraction of sp³-hybridized carbons (Fsp3) is 0.769. The SMILES string of the molecule is CCn1cnnc1CNC(=O)C(C)CCCC(C)N. The average molecular weight is 267 g/mol. The quantitative estimate of drug-likeness (QED) is 0.737. The molecule has 1 aromatic heterocycles. The van der Waals surface area contributed by atoms with Gasteiger partial charge in [0.15, 0.2) is 5.82 Å². The fourth-order valence-electron chi connectivity index (χ4n) is 1.90. The first-order chi connectivity index (χ1) is 9.04. The number of carbonyl (C=O) groups excluding carboxylic acids is 1. The second-order valence-electron chi connectivity index (χ2n) is 5.06. The summed E-state index contributed by atoms with van der Waals surface area (Å²) in [5.41, 5.74) is 5.69. The van der Waals surface area contributed by atoms with Crippen LogP contribution in [0.15, 0.2) is 6.33 Å². The second-order valence-corrected chi connectivity index (χ2v) is 5.06. The number of aryl methyl sites for hydroxylation is 1. The molecule has 1 amide bonds. The second kappa shape index (κ2) is 7.89. The lowest BCUT2D eigenvalue weighted by molar-refractivity contribution is -0.124. The van der Waals surface area contributed by atoms with Gasteiger partial charge in [-0.15, -0.1) is 10.2 Å². The van der Waals surface area contributed by atoms with E-state index in [0.29, 0.717) is 6.54 Å². The summed E-state index contributed by atoms with van der Waals surface area (Å²) >= 11 is 0. The van der Waals surface area contributed by atoms with Gasteiger partial charge in [-0.2, -0.15) is 0 Å². The maximum Gasteiger partial charge on any atom is 0.223 e. The van der Waals surface area contributed by atoms with Gasteiger partial charge in [0.25, 0.3) is 0 Å². The summed E-state index contributed by atoms with van der Waals surface area (Å²) in [5.74, 6) is 0.866. The Balaban J connectivity index is 2.30. The third-order valence-corrected chi connectivity index (χ3v) is 3.20. The van der Waals surface area contributed by atoms with Crippen molar-refractivity contribution in [2.24, 2.45) is 11.7 Å². The van der Waals surface area contributed by atoms with E-state index in [1.54, 1.807) is 6.33 Å². The van der Waals surface area contributed by atoms with Gasteiger partial charge in [0.05, 0.1) is 6.54 Å². The maximum atomic E-state index is 11.9. The zero-order chi connectivity index (χ0) is 14.3. The predicted molar refractivity (Wildman–Crippen MR) is 74.2 cm³/mol. The first kappa shape index (κ1) is 15.6. The summed E-state index contributed by atoms with van der Waals surface area (Å²) in [5, 5.41) is 10.7. The molecule has 0 aromatic carbocycles. The van der Waals surface area contributed by atoms with Gasteiger partial charge in [-0.25, -0.2) is 0 Å². The Bertz CT molecular complexity index is 388. The number of aromatic nitrogens is 3. The highest BCUT2D eigenvalue weighted by Crippen LogP contribution is 2.09.